The summed E-state index contributed by atoms with van der Waals surface area (Å²) in [5.41, 5.74) is 1.16. The molecule has 1 unspecified atom stereocenters. The van der Waals surface area contributed by atoms with Crippen molar-refractivity contribution in [2.24, 2.45) is 0 Å². The lowest BCUT2D eigenvalue weighted by atomic mass is 10.00. The Balaban J connectivity index is 2.63. The van der Waals surface area contributed by atoms with E-state index >= 15 is 0 Å². The number of unbranched alkanes of at least 4 members (excludes halogenated alkanes) is 3. The maximum Gasteiger partial charge on any atom is 0.120 e. The van der Waals surface area contributed by atoms with E-state index in [1.165, 1.54) is 25.7 Å². The lowest BCUT2D eigenvalue weighted by Gasteiger charge is -2.18. The Morgan fingerprint density at radius 2 is 2.06 bits per heavy atom. The van der Waals surface area contributed by atoms with Crippen molar-refractivity contribution in [3.63, 3.8) is 0 Å². The molecular formula is C15H24ClNO. The van der Waals surface area contributed by atoms with Crippen LogP contribution in [0.5, 0.6) is 5.75 Å². The minimum absolute atomic E-state index is 0.334. The lowest BCUT2D eigenvalue weighted by Crippen LogP contribution is -2.16. The van der Waals surface area contributed by atoms with E-state index in [-0.39, 0.29) is 0 Å². The van der Waals surface area contributed by atoms with Crippen molar-refractivity contribution in [1.29, 1.82) is 0 Å². The highest BCUT2D eigenvalue weighted by atomic mass is 35.5. The summed E-state index contributed by atoms with van der Waals surface area (Å²) < 4.78 is 5.17. The number of ether oxygens (including phenoxy) is 1. The van der Waals surface area contributed by atoms with Crippen LogP contribution in [0, 0.1) is 0 Å². The molecule has 1 atom stereocenters. The number of hydrogen-bond acceptors (Lipinski definition) is 2. The van der Waals surface area contributed by atoms with Gasteiger partial charge in [-0.15, -0.1) is 0 Å². The zero-order chi connectivity index (χ0) is 13.4. The molecule has 0 amide bonds. The van der Waals surface area contributed by atoms with Crippen LogP contribution in [0.3, 0.4) is 0 Å². The summed E-state index contributed by atoms with van der Waals surface area (Å²) in [5, 5.41) is 4.13. The molecular weight excluding hydrogens is 246 g/mol. The SMILES string of the molecule is CCCCCCC(NC)c1ccc(OC)cc1Cl. The molecule has 0 radical (unpaired) electrons. The number of hydrogen-bond donors (Lipinski definition) is 1. The van der Waals surface area contributed by atoms with Gasteiger partial charge >= 0.3 is 0 Å². The van der Waals surface area contributed by atoms with E-state index in [0.717, 1.165) is 22.8 Å². The van der Waals surface area contributed by atoms with Crippen molar-refractivity contribution in [3.8, 4) is 5.75 Å². The first-order valence-electron chi connectivity index (χ1n) is 6.73. The van der Waals surface area contributed by atoms with Crippen LogP contribution >= 0.6 is 11.6 Å². The van der Waals surface area contributed by atoms with Gasteiger partial charge in [0.15, 0.2) is 0 Å². The van der Waals surface area contributed by atoms with Crippen LogP contribution in [0.25, 0.3) is 0 Å². The molecule has 18 heavy (non-hydrogen) atoms. The number of methoxy groups -OCH3 is 1. The Kier molecular flexibility index (Phi) is 7.14. The van der Waals surface area contributed by atoms with Crippen LogP contribution in [-0.2, 0) is 0 Å². The summed E-state index contributed by atoms with van der Waals surface area (Å²) in [6, 6.07) is 6.24. The smallest absolute Gasteiger partial charge is 0.120 e. The molecule has 0 aliphatic carbocycles. The van der Waals surface area contributed by atoms with E-state index in [2.05, 4.69) is 18.3 Å². The van der Waals surface area contributed by atoms with Gasteiger partial charge in [-0.05, 0) is 31.2 Å². The fourth-order valence-corrected chi connectivity index (χ4v) is 2.45. The van der Waals surface area contributed by atoms with Crippen molar-refractivity contribution in [2.75, 3.05) is 14.2 Å². The average Bonchev–Trinajstić information content (AvgIpc) is 2.39. The molecule has 0 saturated heterocycles. The van der Waals surface area contributed by atoms with Crippen molar-refractivity contribution in [2.45, 2.75) is 45.1 Å². The van der Waals surface area contributed by atoms with E-state index in [0.29, 0.717) is 6.04 Å². The fourth-order valence-electron chi connectivity index (χ4n) is 2.15. The Bertz CT molecular complexity index is 354. The van der Waals surface area contributed by atoms with Gasteiger partial charge in [0.1, 0.15) is 5.75 Å². The van der Waals surface area contributed by atoms with Gasteiger partial charge in [0.2, 0.25) is 0 Å². The molecule has 2 nitrogen and oxygen atoms in total. The maximum absolute atomic E-state index is 6.30. The zero-order valence-electron chi connectivity index (χ0n) is 11.6. The van der Waals surface area contributed by atoms with Crippen molar-refractivity contribution < 1.29 is 4.74 Å². The van der Waals surface area contributed by atoms with E-state index in [9.17, 15) is 0 Å². The van der Waals surface area contributed by atoms with Gasteiger partial charge in [0.05, 0.1) is 7.11 Å². The highest BCUT2D eigenvalue weighted by Crippen LogP contribution is 2.29. The molecule has 0 heterocycles. The van der Waals surface area contributed by atoms with Crippen molar-refractivity contribution >= 4 is 11.6 Å². The van der Waals surface area contributed by atoms with Crippen LogP contribution in [0.2, 0.25) is 5.02 Å². The lowest BCUT2D eigenvalue weighted by molar-refractivity contribution is 0.414. The highest BCUT2D eigenvalue weighted by Gasteiger charge is 2.13. The number of halogens is 1. The molecule has 0 aliphatic rings. The molecule has 0 saturated carbocycles. The summed E-state index contributed by atoms with van der Waals surface area (Å²) in [5.74, 6) is 0.810. The molecule has 1 N–H and O–H groups in total. The minimum atomic E-state index is 0.334. The number of rotatable bonds is 8. The molecule has 0 aromatic heterocycles. The Morgan fingerprint density at radius 3 is 2.61 bits per heavy atom. The van der Waals surface area contributed by atoms with Gasteiger partial charge in [0.25, 0.3) is 0 Å². The second kappa shape index (κ2) is 8.39. The molecule has 0 fully saturated rings. The van der Waals surface area contributed by atoms with Gasteiger partial charge in [-0.25, -0.2) is 0 Å². The quantitative estimate of drug-likeness (QED) is 0.698. The predicted molar refractivity (Wildman–Crippen MR) is 78.6 cm³/mol. The summed E-state index contributed by atoms with van der Waals surface area (Å²) in [6.07, 6.45) is 6.24. The zero-order valence-corrected chi connectivity index (χ0v) is 12.4. The molecule has 1 aromatic carbocycles. The second-order valence-corrected chi connectivity index (χ2v) is 4.99. The first-order chi connectivity index (χ1) is 8.72. The monoisotopic (exact) mass is 269 g/mol. The Morgan fingerprint density at radius 1 is 1.28 bits per heavy atom. The van der Waals surface area contributed by atoms with Crippen LogP contribution in [0.1, 0.15) is 50.6 Å². The number of benzene rings is 1. The largest absolute Gasteiger partial charge is 0.497 e. The number of nitrogens with one attached hydrogen (secondary N) is 1. The molecule has 1 rings (SSSR count). The average molecular weight is 270 g/mol. The van der Waals surface area contributed by atoms with Crippen molar-refractivity contribution in [3.05, 3.63) is 28.8 Å². The van der Waals surface area contributed by atoms with Crippen LogP contribution < -0.4 is 10.1 Å². The molecule has 0 bridgehead atoms. The van der Waals surface area contributed by atoms with Gasteiger partial charge in [-0.1, -0.05) is 50.3 Å². The first-order valence-corrected chi connectivity index (χ1v) is 7.11. The minimum Gasteiger partial charge on any atom is -0.497 e. The Labute approximate surface area is 116 Å². The van der Waals surface area contributed by atoms with E-state index < -0.39 is 0 Å². The second-order valence-electron chi connectivity index (χ2n) is 4.58. The third-order valence-electron chi connectivity index (χ3n) is 3.28. The third kappa shape index (κ3) is 4.51. The van der Waals surface area contributed by atoms with Crippen molar-refractivity contribution in [1.82, 2.24) is 5.32 Å². The molecule has 0 spiro atoms. The summed E-state index contributed by atoms with van der Waals surface area (Å²) >= 11 is 6.30. The Hall–Kier alpha value is -0.730. The normalized spacial score (nSPS) is 12.4. The highest BCUT2D eigenvalue weighted by molar-refractivity contribution is 6.31. The molecule has 102 valence electrons. The molecule has 1 aromatic rings. The van der Waals surface area contributed by atoms with Gasteiger partial charge in [-0.2, -0.15) is 0 Å². The topological polar surface area (TPSA) is 21.3 Å². The van der Waals surface area contributed by atoms with Crippen LogP contribution in [0.4, 0.5) is 0 Å². The van der Waals surface area contributed by atoms with Gasteiger partial charge < -0.3 is 10.1 Å². The summed E-state index contributed by atoms with van der Waals surface area (Å²) in [7, 11) is 3.65. The fraction of sp³-hybridized carbons (Fsp3) is 0.600. The summed E-state index contributed by atoms with van der Waals surface area (Å²) in [4.78, 5) is 0. The van der Waals surface area contributed by atoms with E-state index in [1.807, 2.05) is 19.2 Å². The predicted octanol–water partition coefficient (Wildman–Crippen LogP) is 4.58. The van der Waals surface area contributed by atoms with Crippen LogP contribution in [0.15, 0.2) is 18.2 Å². The molecule has 3 heteroatoms. The van der Waals surface area contributed by atoms with Gasteiger partial charge in [-0.3, -0.25) is 0 Å². The first kappa shape index (κ1) is 15.3. The summed E-state index contributed by atoms with van der Waals surface area (Å²) in [6.45, 7) is 2.23. The van der Waals surface area contributed by atoms with Crippen LogP contribution in [-0.4, -0.2) is 14.2 Å². The van der Waals surface area contributed by atoms with E-state index in [4.69, 9.17) is 16.3 Å². The standard InChI is InChI=1S/C15H24ClNO/c1-4-5-6-7-8-15(17-2)13-10-9-12(18-3)11-14(13)16/h9-11,15,17H,4-8H2,1-3H3. The van der Waals surface area contributed by atoms with E-state index in [1.54, 1.807) is 7.11 Å². The third-order valence-corrected chi connectivity index (χ3v) is 3.61. The molecule has 0 aliphatic heterocycles. The van der Waals surface area contributed by atoms with Gasteiger partial charge in [0, 0.05) is 11.1 Å². The maximum atomic E-state index is 6.30.